The van der Waals surface area contributed by atoms with Gasteiger partial charge in [-0.2, -0.15) is 0 Å². The Morgan fingerprint density at radius 2 is 1.93 bits per heavy atom. The highest BCUT2D eigenvalue weighted by atomic mass is 35.5. The Hall–Kier alpha value is -0.530. The first-order valence-corrected chi connectivity index (χ1v) is 5.67. The Labute approximate surface area is 91.5 Å². The number of alkyl halides is 1. The van der Waals surface area contributed by atoms with Crippen LogP contribution in [0.25, 0.3) is 0 Å². The summed E-state index contributed by atoms with van der Waals surface area (Å²) in [5, 5.41) is 3.27. The Morgan fingerprint density at radius 1 is 1.29 bits per heavy atom. The minimum absolute atomic E-state index is 0.387. The van der Waals surface area contributed by atoms with Crippen LogP contribution in [-0.4, -0.2) is 12.9 Å². The predicted octanol–water partition coefficient (Wildman–Crippen LogP) is 3.14. The second kappa shape index (κ2) is 6.05. The molecule has 0 saturated carbocycles. The summed E-state index contributed by atoms with van der Waals surface area (Å²) in [6, 6.07) is 9.14. The van der Waals surface area contributed by atoms with Crippen LogP contribution in [0.15, 0.2) is 24.3 Å². The van der Waals surface area contributed by atoms with Crippen LogP contribution in [0.1, 0.15) is 30.5 Å². The summed E-state index contributed by atoms with van der Waals surface area (Å²) in [6.07, 6.45) is 2.07. The largest absolute Gasteiger partial charge is 0.313 e. The molecule has 0 aromatic heterocycles. The van der Waals surface area contributed by atoms with Gasteiger partial charge < -0.3 is 5.32 Å². The SMILES string of the molecule is CCc1ccc(C(CCCl)NC)cc1. The first-order chi connectivity index (χ1) is 6.81. The molecule has 0 radical (unpaired) electrons. The van der Waals surface area contributed by atoms with Gasteiger partial charge in [-0.3, -0.25) is 0 Å². The Morgan fingerprint density at radius 3 is 2.36 bits per heavy atom. The van der Waals surface area contributed by atoms with E-state index >= 15 is 0 Å². The van der Waals surface area contributed by atoms with Crippen molar-refractivity contribution in [3.8, 4) is 0 Å². The molecule has 1 rings (SSSR count). The zero-order valence-corrected chi connectivity index (χ0v) is 9.64. The fourth-order valence-corrected chi connectivity index (χ4v) is 1.79. The maximum absolute atomic E-state index is 5.74. The van der Waals surface area contributed by atoms with Gasteiger partial charge in [-0.15, -0.1) is 11.6 Å². The lowest BCUT2D eigenvalue weighted by Crippen LogP contribution is -2.16. The van der Waals surface area contributed by atoms with Crippen molar-refractivity contribution in [3.63, 3.8) is 0 Å². The number of nitrogens with one attached hydrogen (secondary N) is 1. The van der Waals surface area contributed by atoms with Gasteiger partial charge in [0, 0.05) is 11.9 Å². The number of hydrogen-bond acceptors (Lipinski definition) is 1. The molecule has 0 fully saturated rings. The van der Waals surface area contributed by atoms with E-state index in [0.29, 0.717) is 11.9 Å². The fourth-order valence-electron chi connectivity index (χ4n) is 1.57. The van der Waals surface area contributed by atoms with Crippen LogP contribution in [0.2, 0.25) is 0 Å². The van der Waals surface area contributed by atoms with Crippen molar-refractivity contribution in [1.29, 1.82) is 0 Å². The standard InChI is InChI=1S/C12H18ClN/c1-3-10-4-6-11(7-5-10)12(14-2)8-9-13/h4-7,12,14H,3,8-9H2,1-2H3. The number of hydrogen-bond donors (Lipinski definition) is 1. The van der Waals surface area contributed by atoms with E-state index in [0.717, 1.165) is 12.8 Å². The van der Waals surface area contributed by atoms with Crippen LogP contribution in [-0.2, 0) is 6.42 Å². The molecule has 0 aliphatic heterocycles. The molecular weight excluding hydrogens is 194 g/mol. The molecule has 1 aromatic rings. The number of benzene rings is 1. The van der Waals surface area contributed by atoms with E-state index in [9.17, 15) is 0 Å². The van der Waals surface area contributed by atoms with Crippen molar-refractivity contribution in [3.05, 3.63) is 35.4 Å². The van der Waals surface area contributed by atoms with Crippen molar-refractivity contribution in [2.24, 2.45) is 0 Å². The lowest BCUT2D eigenvalue weighted by Gasteiger charge is -2.15. The molecule has 0 heterocycles. The summed E-state index contributed by atoms with van der Waals surface area (Å²) in [6.45, 7) is 2.17. The average Bonchev–Trinajstić information content (AvgIpc) is 2.26. The smallest absolute Gasteiger partial charge is 0.0328 e. The first-order valence-electron chi connectivity index (χ1n) is 5.13. The lowest BCUT2D eigenvalue weighted by molar-refractivity contribution is 0.579. The van der Waals surface area contributed by atoms with E-state index in [4.69, 9.17) is 11.6 Å². The highest BCUT2D eigenvalue weighted by Gasteiger charge is 2.07. The summed E-state index contributed by atoms with van der Waals surface area (Å²) < 4.78 is 0. The lowest BCUT2D eigenvalue weighted by atomic mass is 10.0. The molecule has 0 spiro atoms. The molecule has 78 valence electrons. The van der Waals surface area contributed by atoms with Crippen molar-refractivity contribution in [1.82, 2.24) is 5.32 Å². The summed E-state index contributed by atoms with van der Waals surface area (Å²) in [4.78, 5) is 0. The van der Waals surface area contributed by atoms with E-state index in [1.807, 2.05) is 7.05 Å². The Balaban J connectivity index is 2.73. The van der Waals surface area contributed by atoms with Gasteiger partial charge in [-0.05, 0) is 31.0 Å². The van der Waals surface area contributed by atoms with Gasteiger partial charge in [0.15, 0.2) is 0 Å². The average molecular weight is 212 g/mol. The van der Waals surface area contributed by atoms with E-state index in [1.165, 1.54) is 11.1 Å². The molecular formula is C12H18ClN. The molecule has 1 aromatic carbocycles. The number of aryl methyl sites for hydroxylation is 1. The summed E-state index contributed by atoms with van der Waals surface area (Å²) >= 11 is 5.74. The van der Waals surface area contributed by atoms with Gasteiger partial charge in [-0.25, -0.2) is 0 Å². The van der Waals surface area contributed by atoms with Crippen molar-refractivity contribution in [2.75, 3.05) is 12.9 Å². The van der Waals surface area contributed by atoms with Gasteiger partial charge in [-0.1, -0.05) is 31.2 Å². The third-order valence-corrected chi connectivity index (χ3v) is 2.75. The van der Waals surface area contributed by atoms with Gasteiger partial charge in [0.2, 0.25) is 0 Å². The molecule has 1 nitrogen and oxygen atoms in total. The fraction of sp³-hybridized carbons (Fsp3) is 0.500. The second-order valence-electron chi connectivity index (χ2n) is 3.41. The maximum Gasteiger partial charge on any atom is 0.0328 e. The zero-order chi connectivity index (χ0) is 10.4. The highest BCUT2D eigenvalue weighted by molar-refractivity contribution is 6.17. The van der Waals surface area contributed by atoms with E-state index in [1.54, 1.807) is 0 Å². The van der Waals surface area contributed by atoms with Crippen LogP contribution in [0.4, 0.5) is 0 Å². The molecule has 0 aliphatic carbocycles. The van der Waals surface area contributed by atoms with Gasteiger partial charge >= 0.3 is 0 Å². The zero-order valence-electron chi connectivity index (χ0n) is 8.89. The molecule has 1 atom stereocenters. The van der Waals surface area contributed by atoms with Gasteiger partial charge in [0.05, 0.1) is 0 Å². The predicted molar refractivity (Wildman–Crippen MR) is 63.0 cm³/mol. The molecule has 0 aliphatic rings. The molecule has 14 heavy (non-hydrogen) atoms. The molecule has 1 unspecified atom stereocenters. The maximum atomic E-state index is 5.74. The first kappa shape index (κ1) is 11.5. The topological polar surface area (TPSA) is 12.0 Å². The van der Waals surface area contributed by atoms with E-state index < -0.39 is 0 Å². The molecule has 0 saturated heterocycles. The monoisotopic (exact) mass is 211 g/mol. The summed E-state index contributed by atoms with van der Waals surface area (Å²) in [7, 11) is 1.98. The van der Waals surface area contributed by atoms with Crippen molar-refractivity contribution < 1.29 is 0 Å². The van der Waals surface area contributed by atoms with Gasteiger partial charge in [0.1, 0.15) is 0 Å². The molecule has 1 N–H and O–H groups in total. The number of rotatable bonds is 5. The van der Waals surface area contributed by atoms with Gasteiger partial charge in [0.25, 0.3) is 0 Å². The number of halogens is 1. The summed E-state index contributed by atoms with van der Waals surface area (Å²) in [5.41, 5.74) is 2.71. The van der Waals surface area contributed by atoms with Crippen molar-refractivity contribution >= 4 is 11.6 Å². The van der Waals surface area contributed by atoms with Crippen molar-refractivity contribution in [2.45, 2.75) is 25.8 Å². The Kier molecular flexibility index (Phi) is 4.99. The summed E-state index contributed by atoms with van der Waals surface area (Å²) in [5.74, 6) is 0.695. The minimum atomic E-state index is 0.387. The minimum Gasteiger partial charge on any atom is -0.313 e. The van der Waals surface area contributed by atoms with Crippen LogP contribution in [0, 0.1) is 0 Å². The quantitative estimate of drug-likeness (QED) is 0.738. The van der Waals surface area contributed by atoms with Crippen LogP contribution < -0.4 is 5.32 Å². The molecule has 2 heteroatoms. The van der Waals surface area contributed by atoms with Crippen LogP contribution in [0.3, 0.4) is 0 Å². The highest BCUT2D eigenvalue weighted by Crippen LogP contribution is 2.17. The normalized spacial score (nSPS) is 12.8. The Bertz CT molecular complexity index is 256. The van der Waals surface area contributed by atoms with Crippen LogP contribution in [0.5, 0.6) is 0 Å². The third kappa shape index (κ3) is 3.00. The third-order valence-electron chi connectivity index (χ3n) is 2.54. The van der Waals surface area contributed by atoms with E-state index in [2.05, 4.69) is 36.5 Å². The van der Waals surface area contributed by atoms with E-state index in [-0.39, 0.29) is 0 Å². The second-order valence-corrected chi connectivity index (χ2v) is 3.79. The molecule has 0 bridgehead atoms. The molecule has 0 amide bonds. The van der Waals surface area contributed by atoms with Crippen LogP contribution >= 0.6 is 11.6 Å².